The predicted octanol–water partition coefficient (Wildman–Crippen LogP) is 14.7. The maximum atomic E-state index is 4.43. The number of anilines is 3. The zero-order valence-corrected chi connectivity index (χ0v) is 37.9. The minimum Gasteiger partial charge on any atom is -0.375 e. The number of hydrogen-bond acceptors (Lipinski definition) is 1. The maximum Gasteiger partial charge on any atom is 0.333 e. The van der Waals surface area contributed by atoms with E-state index >= 15 is 0 Å². The van der Waals surface area contributed by atoms with Crippen LogP contribution in [0.2, 0.25) is 0 Å². The lowest BCUT2D eigenvalue weighted by molar-refractivity contribution is 0.569. The maximum absolute atomic E-state index is 4.43. The lowest BCUT2D eigenvalue weighted by Gasteiger charge is -2.42. The van der Waals surface area contributed by atoms with Crippen LogP contribution in [0.25, 0.3) is 65.3 Å². The molecular weight excluding hydrogens is 778 g/mol. The van der Waals surface area contributed by atoms with E-state index in [1.807, 2.05) is 0 Å². The lowest BCUT2D eigenvalue weighted by Crippen LogP contribution is -2.56. The van der Waals surface area contributed by atoms with E-state index in [0.29, 0.717) is 0 Å². The predicted molar refractivity (Wildman–Crippen MR) is 277 cm³/mol. The number of rotatable bonds is 5. The van der Waals surface area contributed by atoms with Crippen LogP contribution in [-0.4, -0.2) is 17.6 Å². The molecule has 0 bridgehead atoms. The van der Waals surface area contributed by atoms with Gasteiger partial charge in [0.05, 0.1) is 0 Å². The van der Waals surface area contributed by atoms with Crippen molar-refractivity contribution < 1.29 is 0 Å². The third kappa shape index (κ3) is 5.69. The fraction of sp³-hybridized carbons (Fsp3) is 0.169. The van der Waals surface area contributed by atoms with Crippen LogP contribution in [0.4, 0.5) is 17.1 Å². The normalized spacial score (nSPS) is 13.5. The number of para-hydroxylation sites is 2. The first-order chi connectivity index (χ1) is 30.5. The summed E-state index contributed by atoms with van der Waals surface area (Å²) in [5.74, 6) is 0. The third-order valence-corrected chi connectivity index (χ3v) is 14.7. The van der Waals surface area contributed by atoms with Gasteiger partial charge in [0.1, 0.15) is 0 Å². The summed E-state index contributed by atoms with van der Waals surface area (Å²) < 4.78 is 2.71. The summed E-state index contributed by atoms with van der Waals surface area (Å²) in [4.78, 5) is 2.66. The second-order valence-electron chi connectivity index (χ2n) is 20.0. The van der Waals surface area contributed by atoms with Crippen molar-refractivity contribution in [3.05, 3.63) is 186 Å². The Morgan fingerprint density at radius 2 is 1.16 bits per heavy atom. The van der Waals surface area contributed by atoms with Gasteiger partial charge >= 0.3 is 6.85 Å². The number of aromatic nitrogens is 1. The van der Waals surface area contributed by atoms with Crippen molar-refractivity contribution in [3.63, 3.8) is 0 Å². The minimum absolute atomic E-state index is 0.0520. The molecule has 0 spiro atoms. The summed E-state index contributed by atoms with van der Waals surface area (Å²) in [6.07, 6.45) is 6.15. The molecule has 0 aliphatic carbocycles. The van der Waals surface area contributed by atoms with Crippen LogP contribution < -0.4 is 15.8 Å². The molecule has 9 aromatic carbocycles. The van der Waals surface area contributed by atoms with E-state index < -0.39 is 0 Å². The highest BCUT2D eigenvalue weighted by atomic mass is 31.1. The number of hydrogen-bond donors (Lipinski definition) is 0. The largest absolute Gasteiger partial charge is 0.375 e. The average molecular weight is 829 g/mol. The summed E-state index contributed by atoms with van der Waals surface area (Å²) in [5, 5.41) is 10.5. The highest BCUT2D eigenvalue weighted by Gasteiger charge is 2.44. The van der Waals surface area contributed by atoms with E-state index in [9.17, 15) is 0 Å². The van der Waals surface area contributed by atoms with Gasteiger partial charge in [-0.2, -0.15) is 0 Å². The third-order valence-electron chi connectivity index (χ3n) is 14.2. The Labute approximate surface area is 372 Å². The van der Waals surface area contributed by atoms with Crippen LogP contribution in [0, 0.1) is 0 Å². The van der Waals surface area contributed by atoms with Gasteiger partial charge in [-0.25, -0.2) is 0 Å². The molecule has 0 saturated heterocycles. The molecule has 0 amide bonds. The van der Waals surface area contributed by atoms with Gasteiger partial charge < -0.3 is 9.38 Å². The van der Waals surface area contributed by atoms with Crippen LogP contribution in [0.3, 0.4) is 0 Å². The van der Waals surface area contributed by atoms with Gasteiger partial charge in [0, 0.05) is 50.6 Å². The molecule has 4 heteroatoms. The highest BCUT2D eigenvalue weighted by Crippen LogP contribution is 2.50. The number of nitrogens with zero attached hydrogens (tertiary/aromatic N) is 2. The van der Waals surface area contributed by atoms with Gasteiger partial charge in [0.2, 0.25) is 0 Å². The smallest absolute Gasteiger partial charge is 0.333 e. The zero-order valence-electron chi connectivity index (χ0n) is 37.1. The molecule has 0 atom stereocenters. The Bertz CT molecular complexity index is 3530. The van der Waals surface area contributed by atoms with Gasteiger partial charge in [-0.1, -0.05) is 175 Å². The fourth-order valence-corrected chi connectivity index (χ4v) is 11.7. The van der Waals surface area contributed by atoms with E-state index in [2.05, 4.69) is 215 Å². The van der Waals surface area contributed by atoms with E-state index in [-0.39, 0.29) is 17.7 Å². The van der Waals surface area contributed by atoms with Crippen molar-refractivity contribution in [2.45, 2.75) is 65.0 Å². The van der Waals surface area contributed by atoms with Crippen LogP contribution in [0.15, 0.2) is 158 Å². The van der Waals surface area contributed by atoms with Crippen molar-refractivity contribution in [2.75, 3.05) is 4.90 Å². The first-order valence-corrected chi connectivity index (χ1v) is 23.8. The van der Waals surface area contributed by atoms with E-state index in [1.54, 1.807) is 0 Å². The molecule has 0 fully saturated rings. The van der Waals surface area contributed by atoms with E-state index in [4.69, 9.17) is 0 Å². The van der Waals surface area contributed by atoms with Gasteiger partial charge in [0.15, 0.2) is 0 Å². The molecule has 0 saturated carbocycles. The highest BCUT2D eigenvalue weighted by molar-refractivity contribution is 7.35. The van der Waals surface area contributed by atoms with Gasteiger partial charge in [0.25, 0.3) is 0 Å². The first kappa shape index (κ1) is 38.3. The van der Waals surface area contributed by atoms with Crippen LogP contribution in [0.1, 0.15) is 69.4 Å². The van der Waals surface area contributed by atoms with Crippen molar-refractivity contribution in [2.24, 2.45) is 0 Å². The standard InChI is InChI=1S/C59H50BN2P/c1-58(2,3)38-30-39(59(4,5)6)32-40(31-38)61-53-34-49-48(47(28-36-18-9-8-10-19-36)42-22-13-14-23-43(42)50(49)35-63-7)33-51(53)60-56-54(61)29-37-20-11-12-21-41(37)55(56)46-26-17-25-45-44-24-15-16-27-52(44)62(60)57(45)46/h8-27,29-34H,7,28,35H2,1-6H3. The fourth-order valence-electron chi connectivity index (χ4n) is 11.2. The molecule has 0 radical (unpaired) electrons. The number of fused-ring (bicyclic) bond motifs is 11. The topological polar surface area (TPSA) is 8.17 Å². The summed E-state index contributed by atoms with van der Waals surface area (Å²) in [7, 11) is 1.11. The molecule has 2 aliphatic heterocycles. The lowest BCUT2D eigenvalue weighted by atomic mass is 9.44. The minimum atomic E-state index is -0.0640. The molecule has 0 N–H and O–H groups in total. The van der Waals surface area contributed by atoms with Crippen molar-refractivity contribution in [1.82, 2.24) is 4.48 Å². The Balaban J connectivity index is 1.30. The zero-order chi connectivity index (χ0) is 42.9. The molecule has 304 valence electrons. The average Bonchev–Trinajstić information content (AvgIpc) is 3.62. The van der Waals surface area contributed by atoms with Gasteiger partial charge in [-0.15, -0.1) is 8.20 Å². The van der Waals surface area contributed by atoms with E-state index in [0.717, 1.165) is 20.8 Å². The molecule has 3 heterocycles. The Kier molecular flexibility index (Phi) is 8.38. The summed E-state index contributed by atoms with van der Waals surface area (Å²) in [6, 6.07) is 60.5. The molecule has 12 rings (SSSR count). The molecule has 2 aliphatic rings. The quantitative estimate of drug-likeness (QED) is 0.0953. The second-order valence-corrected chi connectivity index (χ2v) is 20.8. The van der Waals surface area contributed by atoms with Crippen molar-refractivity contribution >= 4 is 103 Å². The van der Waals surface area contributed by atoms with Crippen LogP contribution >= 0.6 is 8.20 Å². The summed E-state index contributed by atoms with van der Waals surface area (Å²) in [6.45, 7) is 14.1. The van der Waals surface area contributed by atoms with E-state index in [1.165, 1.54) is 121 Å². The second kappa shape index (κ2) is 13.8. The van der Waals surface area contributed by atoms with Crippen molar-refractivity contribution in [1.29, 1.82) is 0 Å². The molecule has 2 nitrogen and oxygen atoms in total. The van der Waals surface area contributed by atoms with Crippen LogP contribution in [0.5, 0.6) is 0 Å². The Morgan fingerprint density at radius 3 is 1.87 bits per heavy atom. The molecule has 1 aromatic heterocycles. The monoisotopic (exact) mass is 828 g/mol. The van der Waals surface area contributed by atoms with Gasteiger partial charge in [-0.05, 0) is 124 Å². The van der Waals surface area contributed by atoms with Crippen molar-refractivity contribution in [3.8, 4) is 11.1 Å². The van der Waals surface area contributed by atoms with Crippen LogP contribution in [-0.2, 0) is 23.4 Å². The Hall–Kier alpha value is -6.41. The molecule has 0 unspecified atom stereocenters. The molecule has 63 heavy (non-hydrogen) atoms. The molecule has 10 aromatic rings. The Morgan fingerprint density at radius 1 is 0.540 bits per heavy atom. The molecular formula is C59H50BN2P. The summed E-state index contributed by atoms with van der Waals surface area (Å²) >= 11 is 0. The summed E-state index contributed by atoms with van der Waals surface area (Å²) in [5.41, 5.74) is 18.4. The van der Waals surface area contributed by atoms with Gasteiger partial charge in [-0.3, -0.25) is 0 Å². The SMILES string of the molecule is C=PCc1c2ccccc2c(Cc2ccccc2)c2cc3c(cc12)N(c1cc(C(C)(C)C)cc(C(C)(C)C)c1)c1cc2ccccc2c2c1B3n1c3ccccc3c3cccc-2c31. The first-order valence-electron chi connectivity index (χ1n) is 22.5. The number of benzene rings is 9.